The van der Waals surface area contributed by atoms with Gasteiger partial charge < -0.3 is 20.1 Å². The van der Waals surface area contributed by atoms with Crippen LogP contribution in [-0.4, -0.2) is 65.8 Å². The first-order valence-corrected chi connectivity index (χ1v) is 10.8. The van der Waals surface area contributed by atoms with E-state index < -0.39 is 10.0 Å². The summed E-state index contributed by atoms with van der Waals surface area (Å²) in [5, 5.41) is 6.61. The van der Waals surface area contributed by atoms with Crippen molar-refractivity contribution in [2.45, 2.75) is 19.4 Å². The van der Waals surface area contributed by atoms with E-state index in [9.17, 15) is 8.42 Å². The zero-order valence-corrected chi connectivity index (χ0v) is 20.0. The molecule has 2 N–H and O–H groups in total. The Morgan fingerprint density at radius 2 is 1.89 bits per heavy atom. The Balaban J connectivity index is 0.00000392. The van der Waals surface area contributed by atoms with Crippen molar-refractivity contribution in [1.82, 2.24) is 14.9 Å². The maximum atomic E-state index is 11.6. The number of rotatable bonds is 7. The summed E-state index contributed by atoms with van der Waals surface area (Å²) >= 11 is 0. The van der Waals surface area contributed by atoms with Crippen molar-refractivity contribution in [3.05, 3.63) is 23.8 Å². The number of hydrogen-bond acceptors (Lipinski definition) is 5. The molecular formula is C18H31IN4O4S. The Labute approximate surface area is 185 Å². The van der Waals surface area contributed by atoms with Crippen LogP contribution in [0.4, 0.5) is 0 Å². The lowest BCUT2D eigenvalue weighted by Crippen LogP contribution is -2.43. The number of nitrogens with one attached hydrogen (secondary N) is 2. The Morgan fingerprint density at radius 3 is 2.43 bits per heavy atom. The van der Waals surface area contributed by atoms with Gasteiger partial charge >= 0.3 is 0 Å². The molecule has 1 heterocycles. The fourth-order valence-electron chi connectivity index (χ4n) is 3.08. The SMILES string of the molecule is CN=C(NCc1ccc(OC)cc1OC)NCC1CCN(S(C)(=O)=O)CC1.I. The number of nitrogens with zero attached hydrogens (tertiary/aromatic N) is 2. The van der Waals surface area contributed by atoms with Crippen LogP contribution in [0.25, 0.3) is 0 Å². The number of benzene rings is 1. The molecule has 10 heteroatoms. The lowest BCUT2D eigenvalue weighted by molar-refractivity contribution is 0.275. The summed E-state index contributed by atoms with van der Waals surface area (Å²) in [4.78, 5) is 4.25. The van der Waals surface area contributed by atoms with E-state index >= 15 is 0 Å². The lowest BCUT2D eigenvalue weighted by atomic mass is 9.98. The topological polar surface area (TPSA) is 92.3 Å². The average molecular weight is 526 g/mol. The van der Waals surface area contributed by atoms with Gasteiger partial charge in [0.2, 0.25) is 10.0 Å². The van der Waals surface area contributed by atoms with Gasteiger partial charge in [-0.15, -0.1) is 24.0 Å². The minimum absolute atomic E-state index is 0. The fourth-order valence-corrected chi connectivity index (χ4v) is 3.96. The average Bonchev–Trinajstić information content (AvgIpc) is 2.67. The molecule has 160 valence electrons. The molecule has 0 radical (unpaired) electrons. The first-order valence-electron chi connectivity index (χ1n) is 8.98. The summed E-state index contributed by atoms with van der Waals surface area (Å²) in [6, 6.07) is 5.70. The van der Waals surface area contributed by atoms with E-state index in [4.69, 9.17) is 9.47 Å². The molecule has 0 bridgehead atoms. The monoisotopic (exact) mass is 526 g/mol. The Morgan fingerprint density at radius 1 is 1.21 bits per heavy atom. The molecule has 8 nitrogen and oxygen atoms in total. The van der Waals surface area contributed by atoms with Gasteiger partial charge in [0.1, 0.15) is 11.5 Å². The zero-order valence-electron chi connectivity index (χ0n) is 16.9. The van der Waals surface area contributed by atoms with Gasteiger partial charge in [0.15, 0.2) is 5.96 Å². The molecule has 0 amide bonds. The molecule has 1 saturated heterocycles. The second-order valence-electron chi connectivity index (χ2n) is 6.59. The quantitative estimate of drug-likeness (QED) is 0.319. The van der Waals surface area contributed by atoms with Crippen molar-refractivity contribution in [2.24, 2.45) is 10.9 Å². The normalized spacial score (nSPS) is 16.2. The molecule has 2 rings (SSSR count). The van der Waals surface area contributed by atoms with Gasteiger partial charge in [0.05, 0.1) is 20.5 Å². The second kappa shape index (κ2) is 11.7. The van der Waals surface area contributed by atoms with E-state index in [1.54, 1.807) is 25.6 Å². The predicted octanol–water partition coefficient (Wildman–Crippen LogP) is 1.66. The number of sulfonamides is 1. The van der Waals surface area contributed by atoms with E-state index in [-0.39, 0.29) is 24.0 Å². The van der Waals surface area contributed by atoms with Crippen molar-refractivity contribution in [3.8, 4) is 11.5 Å². The molecule has 0 unspecified atom stereocenters. The van der Waals surface area contributed by atoms with Gasteiger partial charge in [-0.3, -0.25) is 4.99 Å². The van der Waals surface area contributed by atoms with E-state index in [2.05, 4.69) is 15.6 Å². The predicted molar refractivity (Wildman–Crippen MR) is 122 cm³/mol. The summed E-state index contributed by atoms with van der Waals surface area (Å²) in [7, 11) is 1.91. The first-order chi connectivity index (χ1) is 12.9. The fraction of sp³-hybridized carbons (Fsp3) is 0.611. The second-order valence-corrected chi connectivity index (χ2v) is 8.57. The molecule has 0 spiro atoms. The molecule has 0 aromatic heterocycles. The van der Waals surface area contributed by atoms with Crippen LogP contribution in [0.2, 0.25) is 0 Å². The van der Waals surface area contributed by atoms with Gasteiger partial charge in [0.25, 0.3) is 0 Å². The van der Waals surface area contributed by atoms with Crippen molar-refractivity contribution in [1.29, 1.82) is 0 Å². The first kappa shape index (κ1) is 24.8. The highest BCUT2D eigenvalue weighted by molar-refractivity contribution is 14.0. The largest absolute Gasteiger partial charge is 0.497 e. The molecule has 0 saturated carbocycles. The minimum Gasteiger partial charge on any atom is -0.497 e. The van der Waals surface area contributed by atoms with Crippen LogP contribution in [0.1, 0.15) is 18.4 Å². The Kier molecular flexibility index (Phi) is 10.3. The third-order valence-electron chi connectivity index (χ3n) is 4.76. The van der Waals surface area contributed by atoms with E-state index in [1.807, 2.05) is 18.2 Å². The highest BCUT2D eigenvalue weighted by atomic mass is 127. The third-order valence-corrected chi connectivity index (χ3v) is 6.07. The van der Waals surface area contributed by atoms with Gasteiger partial charge in [-0.1, -0.05) is 0 Å². The number of guanidine groups is 1. The van der Waals surface area contributed by atoms with Crippen molar-refractivity contribution in [2.75, 3.05) is 47.2 Å². The van der Waals surface area contributed by atoms with Gasteiger partial charge in [0, 0.05) is 44.9 Å². The molecule has 0 aliphatic carbocycles. The van der Waals surface area contributed by atoms with Gasteiger partial charge in [-0.05, 0) is 30.9 Å². The molecule has 1 aliphatic heterocycles. The van der Waals surface area contributed by atoms with Crippen LogP contribution in [-0.2, 0) is 16.6 Å². The van der Waals surface area contributed by atoms with Crippen LogP contribution in [0.5, 0.6) is 11.5 Å². The summed E-state index contributed by atoms with van der Waals surface area (Å²) in [5.74, 6) is 2.64. The van der Waals surface area contributed by atoms with Crippen LogP contribution in [0.15, 0.2) is 23.2 Å². The van der Waals surface area contributed by atoms with E-state index in [0.717, 1.165) is 36.4 Å². The lowest BCUT2D eigenvalue weighted by Gasteiger charge is -2.30. The van der Waals surface area contributed by atoms with Crippen LogP contribution in [0, 0.1) is 5.92 Å². The molecule has 1 aliphatic rings. The highest BCUT2D eigenvalue weighted by Gasteiger charge is 2.24. The minimum atomic E-state index is -3.08. The van der Waals surface area contributed by atoms with Crippen LogP contribution < -0.4 is 20.1 Å². The molecule has 1 fully saturated rings. The zero-order chi connectivity index (χ0) is 19.9. The summed E-state index contributed by atoms with van der Waals surface area (Å²) in [5.41, 5.74) is 1.00. The van der Waals surface area contributed by atoms with Crippen LogP contribution >= 0.6 is 24.0 Å². The number of aliphatic imine (C=N–C) groups is 1. The summed E-state index contributed by atoms with van der Waals surface area (Å²) in [6.07, 6.45) is 2.97. The smallest absolute Gasteiger partial charge is 0.211 e. The number of methoxy groups -OCH3 is 2. The molecular weight excluding hydrogens is 495 g/mol. The maximum absolute atomic E-state index is 11.6. The Bertz CT molecular complexity index is 750. The van der Waals surface area contributed by atoms with E-state index in [0.29, 0.717) is 31.5 Å². The van der Waals surface area contributed by atoms with Gasteiger partial charge in [-0.25, -0.2) is 12.7 Å². The molecule has 1 aromatic rings. The Hall–Kier alpha value is -1.27. The summed E-state index contributed by atoms with van der Waals surface area (Å²) in [6.45, 7) is 2.50. The maximum Gasteiger partial charge on any atom is 0.211 e. The van der Waals surface area contributed by atoms with Crippen LogP contribution in [0.3, 0.4) is 0 Å². The summed E-state index contributed by atoms with van der Waals surface area (Å²) < 4.78 is 35.3. The molecule has 0 atom stereocenters. The van der Waals surface area contributed by atoms with Crippen molar-refractivity contribution >= 4 is 40.0 Å². The molecule has 1 aromatic carbocycles. The van der Waals surface area contributed by atoms with E-state index in [1.165, 1.54) is 6.26 Å². The molecule has 28 heavy (non-hydrogen) atoms. The van der Waals surface area contributed by atoms with Crippen molar-refractivity contribution < 1.29 is 17.9 Å². The third kappa shape index (κ3) is 7.28. The number of ether oxygens (including phenoxy) is 2. The highest BCUT2D eigenvalue weighted by Crippen LogP contribution is 2.24. The van der Waals surface area contributed by atoms with Crippen molar-refractivity contribution in [3.63, 3.8) is 0 Å². The number of halogens is 1. The standard InChI is InChI=1S/C18H30N4O4S.HI/c1-19-18(20-12-14-7-9-22(10-8-14)27(4,23)24)21-13-15-5-6-16(25-2)11-17(15)26-3;/h5-6,11,14H,7-10,12-13H2,1-4H3,(H2,19,20,21);1H. The van der Waals surface area contributed by atoms with Gasteiger partial charge in [-0.2, -0.15) is 0 Å². The number of piperidine rings is 1. The number of hydrogen-bond donors (Lipinski definition) is 2.